The Morgan fingerprint density at radius 1 is 1.62 bits per heavy atom. The zero-order chi connectivity index (χ0) is 9.84. The Labute approximate surface area is 81.8 Å². The summed E-state index contributed by atoms with van der Waals surface area (Å²) < 4.78 is 0. The van der Waals surface area contributed by atoms with Gasteiger partial charge in [0.25, 0.3) is 0 Å². The van der Waals surface area contributed by atoms with Crippen molar-refractivity contribution in [2.24, 2.45) is 0 Å². The minimum Gasteiger partial charge on any atom is -0.368 e. The summed E-state index contributed by atoms with van der Waals surface area (Å²) in [6, 6.07) is 2.12. The highest BCUT2D eigenvalue weighted by Gasteiger charge is 2.10. The van der Waals surface area contributed by atoms with Crippen molar-refractivity contribution >= 4 is 22.3 Å². The predicted molar refractivity (Wildman–Crippen MR) is 55.3 cm³/mol. The van der Waals surface area contributed by atoms with Crippen LogP contribution < -0.4 is 10.2 Å². The first-order chi connectivity index (χ1) is 6.19. The maximum absolute atomic E-state index is 8.80. The van der Waals surface area contributed by atoms with Crippen LogP contribution in [-0.2, 0) is 0 Å². The summed E-state index contributed by atoms with van der Waals surface area (Å²) in [5.74, 6) is 0.693. The molecule has 0 amide bonds. The van der Waals surface area contributed by atoms with Crippen LogP contribution in [0.15, 0.2) is 0 Å². The van der Waals surface area contributed by atoms with Crippen LogP contribution in [0, 0.1) is 11.3 Å². The number of hydrogen-bond acceptors (Lipinski definition) is 5. The third-order valence-corrected chi connectivity index (χ3v) is 2.57. The van der Waals surface area contributed by atoms with Crippen molar-refractivity contribution < 1.29 is 0 Å². The molecule has 70 valence electrons. The van der Waals surface area contributed by atoms with Crippen LogP contribution in [0.3, 0.4) is 0 Å². The summed E-state index contributed by atoms with van der Waals surface area (Å²) in [7, 11) is 3.82. The zero-order valence-corrected chi connectivity index (χ0v) is 8.77. The van der Waals surface area contributed by atoms with Gasteiger partial charge in [0, 0.05) is 20.6 Å². The van der Waals surface area contributed by atoms with Crippen LogP contribution in [0.4, 0.5) is 10.9 Å². The van der Waals surface area contributed by atoms with E-state index in [9.17, 15) is 0 Å². The molecular weight excluding hydrogens is 184 g/mol. The van der Waals surface area contributed by atoms with E-state index in [0.717, 1.165) is 11.7 Å². The molecule has 0 radical (unpaired) electrons. The van der Waals surface area contributed by atoms with Gasteiger partial charge in [-0.25, -0.2) is 4.98 Å². The van der Waals surface area contributed by atoms with Crippen LogP contribution in [0.2, 0.25) is 0 Å². The lowest BCUT2D eigenvalue weighted by molar-refractivity contribution is 1.09. The van der Waals surface area contributed by atoms with Crippen LogP contribution in [0.1, 0.15) is 11.8 Å². The molecule has 0 saturated heterocycles. The largest absolute Gasteiger partial charge is 0.368 e. The summed E-state index contributed by atoms with van der Waals surface area (Å²) in [6.45, 7) is 2.76. The van der Waals surface area contributed by atoms with Gasteiger partial charge in [-0.1, -0.05) is 11.3 Å². The van der Waals surface area contributed by atoms with E-state index in [1.54, 1.807) is 0 Å². The van der Waals surface area contributed by atoms with Crippen molar-refractivity contribution in [1.29, 1.82) is 5.26 Å². The second-order valence-electron chi connectivity index (χ2n) is 2.71. The molecule has 5 heteroatoms. The molecule has 1 aromatic rings. The first-order valence-electron chi connectivity index (χ1n) is 4.01. The molecule has 1 rings (SSSR count). The molecule has 0 saturated carbocycles. The van der Waals surface area contributed by atoms with Crippen LogP contribution in [0.5, 0.6) is 0 Å². The van der Waals surface area contributed by atoms with Crippen molar-refractivity contribution in [3.05, 3.63) is 4.88 Å². The fourth-order valence-electron chi connectivity index (χ4n) is 0.863. The summed E-state index contributed by atoms with van der Waals surface area (Å²) in [5.41, 5.74) is 0. The molecule has 0 aromatic carbocycles. The highest BCUT2D eigenvalue weighted by Crippen LogP contribution is 2.27. The molecule has 0 fully saturated rings. The lowest BCUT2D eigenvalue weighted by Gasteiger charge is -2.05. The monoisotopic (exact) mass is 196 g/mol. The Bertz CT molecular complexity index is 323. The standard InChI is InChI=1S/C8H12N4S/c1-4-10-7-6(5-9)13-8(11-7)12(2)3/h10H,4H2,1-3H3. The highest BCUT2D eigenvalue weighted by atomic mass is 32.1. The summed E-state index contributed by atoms with van der Waals surface area (Å²) in [6.07, 6.45) is 0. The van der Waals surface area contributed by atoms with Crippen molar-refractivity contribution in [2.45, 2.75) is 6.92 Å². The Kier molecular flexibility index (Phi) is 3.09. The number of nitrogens with zero attached hydrogens (tertiary/aromatic N) is 3. The zero-order valence-electron chi connectivity index (χ0n) is 7.96. The SMILES string of the molecule is CCNc1nc(N(C)C)sc1C#N. The Morgan fingerprint density at radius 2 is 2.31 bits per heavy atom. The van der Waals surface area contributed by atoms with Gasteiger partial charge < -0.3 is 10.2 Å². The predicted octanol–water partition coefficient (Wildman–Crippen LogP) is 1.51. The molecular formula is C8H12N4S. The first-order valence-corrected chi connectivity index (χ1v) is 4.82. The van der Waals surface area contributed by atoms with Crippen LogP contribution in [0.25, 0.3) is 0 Å². The topological polar surface area (TPSA) is 52.0 Å². The fourth-order valence-corrected chi connectivity index (χ4v) is 1.63. The van der Waals surface area contributed by atoms with Gasteiger partial charge >= 0.3 is 0 Å². The lowest BCUT2D eigenvalue weighted by Crippen LogP contribution is -2.08. The molecule has 0 aliphatic carbocycles. The van der Waals surface area contributed by atoms with E-state index in [0.29, 0.717) is 10.7 Å². The van der Waals surface area contributed by atoms with E-state index in [2.05, 4.69) is 16.4 Å². The van der Waals surface area contributed by atoms with Gasteiger partial charge in [-0.15, -0.1) is 0 Å². The highest BCUT2D eigenvalue weighted by molar-refractivity contribution is 7.16. The fraction of sp³-hybridized carbons (Fsp3) is 0.500. The Balaban J connectivity index is 2.99. The van der Waals surface area contributed by atoms with Gasteiger partial charge in [-0.2, -0.15) is 5.26 Å². The summed E-state index contributed by atoms with van der Waals surface area (Å²) in [4.78, 5) is 6.82. The average Bonchev–Trinajstić information content (AvgIpc) is 2.48. The van der Waals surface area contributed by atoms with Crippen molar-refractivity contribution in [3.8, 4) is 6.07 Å². The van der Waals surface area contributed by atoms with Crippen LogP contribution in [-0.4, -0.2) is 25.6 Å². The minimum atomic E-state index is 0.644. The normalized spacial score (nSPS) is 9.38. The third kappa shape index (κ3) is 2.10. The van der Waals surface area contributed by atoms with Crippen LogP contribution >= 0.6 is 11.3 Å². The third-order valence-electron chi connectivity index (χ3n) is 1.44. The van der Waals surface area contributed by atoms with Crippen molar-refractivity contribution in [1.82, 2.24) is 4.98 Å². The Morgan fingerprint density at radius 3 is 2.77 bits per heavy atom. The van der Waals surface area contributed by atoms with Gasteiger partial charge in [-0.3, -0.25) is 0 Å². The maximum atomic E-state index is 8.80. The second kappa shape index (κ2) is 4.10. The molecule has 0 aliphatic heterocycles. The van der Waals surface area contributed by atoms with Gasteiger partial charge in [-0.05, 0) is 6.92 Å². The number of hydrogen-bond donors (Lipinski definition) is 1. The van der Waals surface area contributed by atoms with E-state index in [1.807, 2.05) is 25.9 Å². The molecule has 13 heavy (non-hydrogen) atoms. The first kappa shape index (κ1) is 9.81. The molecule has 0 atom stereocenters. The maximum Gasteiger partial charge on any atom is 0.188 e. The minimum absolute atomic E-state index is 0.644. The summed E-state index contributed by atoms with van der Waals surface area (Å²) in [5, 5.41) is 12.7. The van der Waals surface area contributed by atoms with Gasteiger partial charge in [0.05, 0.1) is 0 Å². The molecule has 0 bridgehead atoms. The second-order valence-corrected chi connectivity index (χ2v) is 3.69. The van der Waals surface area contributed by atoms with Crippen molar-refractivity contribution in [2.75, 3.05) is 30.9 Å². The van der Waals surface area contributed by atoms with Gasteiger partial charge in [0.1, 0.15) is 6.07 Å². The molecule has 1 aromatic heterocycles. The molecule has 1 N–H and O–H groups in total. The molecule has 4 nitrogen and oxygen atoms in total. The number of nitriles is 1. The van der Waals surface area contributed by atoms with E-state index in [-0.39, 0.29) is 0 Å². The van der Waals surface area contributed by atoms with E-state index >= 15 is 0 Å². The number of aromatic nitrogens is 1. The van der Waals surface area contributed by atoms with Gasteiger partial charge in [0.2, 0.25) is 0 Å². The molecule has 0 spiro atoms. The summed E-state index contributed by atoms with van der Waals surface area (Å²) >= 11 is 1.40. The van der Waals surface area contributed by atoms with E-state index < -0.39 is 0 Å². The van der Waals surface area contributed by atoms with E-state index in [1.165, 1.54) is 11.3 Å². The van der Waals surface area contributed by atoms with Gasteiger partial charge in [0.15, 0.2) is 15.8 Å². The number of thiazole rings is 1. The number of anilines is 2. The smallest absolute Gasteiger partial charge is 0.188 e. The Hall–Kier alpha value is -1.28. The van der Waals surface area contributed by atoms with E-state index in [4.69, 9.17) is 5.26 Å². The number of rotatable bonds is 3. The van der Waals surface area contributed by atoms with Crippen molar-refractivity contribution in [3.63, 3.8) is 0 Å². The average molecular weight is 196 g/mol. The molecule has 0 aliphatic rings. The molecule has 1 heterocycles. The number of nitrogens with one attached hydrogen (secondary N) is 1. The lowest BCUT2D eigenvalue weighted by atomic mass is 10.5. The molecule has 0 unspecified atom stereocenters. The quantitative estimate of drug-likeness (QED) is 0.796.